The largest absolute Gasteiger partial charge is 0.376 e. The van der Waals surface area contributed by atoms with Crippen molar-refractivity contribution in [3.05, 3.63) is 12.4 Å². The molecule has 1 aliphatic rings. The number of carbonyl (C=O) groups excluding carboxylic acids is 2. The second-order valence-corrected chi connectivity index (χ2v) is 6.84. The van der Waals surface area contributed by atoms with Gasteiger partial charge in [-0.2, -0.15) is 0 Å². The zero-order valence-corrected chi connectivity index (χ0v) is 16.3. The highest BCUT2D eigenvalue weighted by atomic mass is 16.5. The van der Waals surface area contributed by atoms with E-state index >= 15 is 0 Å². The topological polar surface area (TPSA) is 110 Å². The van der Waals surface area contributed by atoms with Crippen LogP contribution >= 0.6 is 0 Å². The van der Waals surface area contributed by atoms with Crippen LogP contribution in [0.15, 0.2) is 12.4 Å². The number of nitrogens with one attached hydrogen (secondary N) is 3. The summed E-state index contributed by atoms with van der Waals surface area (Å²) < 4.78 is 7.65. The van der Waals surface area contributed by atoms with Gasteiger partial charge >= 0.3 is 6.03 Å². The van der Waals surface area contributed by atoms with Crippen LogP contribution in [-0.4, -0.2) is 58.8 Å². The van der Waals surface area contributed by atoms with Crippen LogP contribution in [0.25, 0.3) is 0 Å². The molecule has 0 aromatic carbocycles. The molecule has 3 N–H and O–H groups in total. The lowest BCUT2D eigenvalue weighted by Gasteiger charge is -2.35. The molecule has 152 valence electrons. The molecule has 3 atom stereocenters. The Morgan fingerprint density at radius 3 is 2.81 bits per heavy atom. The van der Waals surface area contributed by atoms with Crippen LogP contribution < -0.4 is 16.0 Å². The van der Waals surface area contributed by atoms with E-state index in [-0.39, 0.29) is 30.0 Å². The second-order valence-electron chi connectivity index (χ2n) is 6.84. The number of amides is 3. The standard InChI is InChI=1S/C18H32N6O3/c1-3-12-27-16-7-6-14(13-15(16)22-18(26)19-4-2)17(25)20-8-5-10-24-11-9-21-23-24/h9,11,14-16H,3-8,10,12-13H2,1-2H3,(H,20,25)(H2,19,22,26)/t14-,15+,16+/m0/s1. The summed E-state index contributed by atoms with van der Waals surface area (Å²) in [6, 6.07) is -0.357. The highest BCUT2D eigenvalue weighted by Crippen LogP contribution is 2.27. The van der Waals surface area contributed by atoms with E-state index in [1.165, 1.54) is 0 Å². The minimum absolute atomic E-state index is 0.0380. The van der Waals surface area contributed by atoms with E-state index in [4.69, 9.17) is 4.74 Å². The predicted molar refractivity (Wildman–Crippen MR) is 101 cm³/mol. The summed E-state index contributed by atoms with van der Waals surface area (Å²) in [6.07, 6.45) is 7.27. The van der Waals surface area contributed by atoms with E-state index in [0.29, 0.717) is 26.1 Å². The van der Waals surface area contributed by atoms with Gasteiger partial charge in [-0.25, -0.2) is 4.79 Å². The molecule has 1 saturated carbocycles. The van der Waals surface area contributed by atoms with Crippen LogP contribution in [0.4, 0.5) is 4.79 Å². The first-order chi connectivity index (χ1) is 13.1. The molecule has 0 radical (unpaired) electrons. The number of hydrogen-bond acceptors (Lipinski definition) is 5. The molecule has 2 rings (SSSR count). The Hall–Kier alpha value is -2.16. The average Bonchev–Trinajstić information content (AvgIpc) is 3.17. The maximum atomic E-state index is 12.5. The van der Waals surface area contributed by atoms with Crippen molar-refractivity contribution in [1.29, 1.82) is 0 Å². The summed E-state index contributed by atoms with van der Waals surface area (Å²) in [4.78, 5) is 24.5. The summed E-state index contributed by atoms with van der Waals surface area (Å²) in [5.41, 5.74) is 0. The molecule has 1 aromatic rings. The number of aromatic nitrogens is 3. The zero-order chi connectivity index (χ0) is 19.5. The highest BCUT2D eigenvalue weighted by Gasteiger charge is 2.35. The molecule has 9 nitrogen and oxygen atoms in total. The fourth-order valence-corrected chi connectivity index (χ4v) is 3.33. The third-order valence-corrected chi connectivity index (χ3v) is 4.68. The fourth-order valence-electron chi connectivity index (χ4n) is 3.33. The van der Waals surface area contributed by atoms with Crippen LogP contribution in [0, 0.1) is 5.92 Å². The van der Waals surface area contributed by atoms with Gasteiger partial charge in [0.25, 0.3) is 0 Å². The van der Waals surface area contributed by atoms with Gasteiger partial charge in [0.2, 0.25) is 5.91 Å². The average molecular weight is 380 g/mol. The maximum Gasteiger partial charge on any atom is 0.315 e. The first kappa shape index (κ1) is 21.1. The van der Waals surface area contributed by atoms with Crippen LogP contribution in [-0.2, 0) is 16.1 Å². The molecule has 0 unspecified atom stereocenters. The lowest BCUT2D eigenvalue weighted by Crippen LogP contribution is -2.53. The van der Waals surface area contributed by atoms with Gasteiger partial charge < -0.3 is 20.7 Å². The molecule has 27 heavy (non-hydrogen) atoms. The van der Waals surface area contributed by atoms with Crippen LogP contribution in [0.1, 0.15) is 46.0 Å². The van der Waals surface area contributed by atoms with Crippen molar-refractivity contribution in [2.45, 2.75) is 64.6 Å². The van der Waals surface area contributed by atoms with E-state index < -0.39 is 0 Å². The van der Waals surface area contributed by atoms with Crippen LogP contribution in [0.5, 0.6) is 0 Å². The normalized spacial score (nSPS) is 22.2. The number of nitrogens with zero attached hydrogens (tertiary/aromatic N) is 3. The zero-order valence-electron chi connectivity index (χ0n) is 16.3. The predicted octanol–water partition coefficient (Wildman–Crippen LogP) is 1.07. The van der Waals surface area contributed by atoms with E-state index in [2.05, 4.69) is 33.2 Å². The van der Waals surface area contributed by atoms with E-state index in [1.54, 1.807) is 17.1 Å². The summed E-state index contributed by atoms with van der Waals surface area (Å²) in [5.74, 6) is -0.0602. The van der Waals surface area contributed by atoms with Crippen molar-refractivity contribution in [2.24, 2.45) is 5.92 Å². The molecule has 1 heterocycles. The number of rotatable bonds is 10. The Morgan fingerprint density at radius 2 is 2.11 bits per heavy atom. The molecular weight excluding hydrogens is 348 g/mol. The third kappa shape index (κ3) is 7.16. The lowest BCUT2D eigenvalue weighted by atomic mass is 9.83. The smallest absolute Gasteiger partial charge is 0.315 e. The highest BCUT2D eigenvalue weighted by molar-refractivity contribution is 5.79. The number of urea groups is 1. The van der Waals surface area contributed by atoms with E-state index in [9.17, 15) is 9.59 Å². The van der Waals surface area contributed by atoms with Gasteiger partial charge in [-0.05, 0) is 39.0 Å². The van der Waals surface area contributed by atoms with Gasteiger partial charge in [-0.3, -0.25) is 9.48 Å². The maximum absolute atomic E-state index is 12.5. The van der Waals surface area contributed by atoms with Gasteiger partial charge in [0.1, 0.15) is 0 Å². The summed E-state index contributed by atoms with van der Waals surface area (Å²) in [5, 5.41) is 16.4. The van der Waals surface area contributed by atoms with Crippen LogP contribution in [0.2, 0.25) is 0 Å². The first-order valence-corrected chi connectivity index (χ1v) is 9.91. The van der Waals surface area contributed by atoms with Gasteiger partial charge in [0, 0.05) is 38.4 Å². The summed E-state index contributed by atoms with van der Waals surface area (Å²) >= 11 is 0. The minimum Gasteiger partial charge on any atom is -0.376 e. The number of carbonyl (C=O) groups is 2. The molecule has 1 fully saturated rings. The number of hydrogen-bond donors (Lipinski definition) is 3. The first-order valence-electron chi connectivity index (χ1n) is 9.91. The van der Waals surface area contributed by atoms with E-state index in [1.807, 2.05) is 6.92 Å². The number of ether oxygens (including phenoxy) is 1. The number of aryl methyl sites for hydroxylation is 1. The molecule has 0 aliphatic heterocycles. The van der Waals surface area contributed by atoms with Crippen molar-refractivity contribution in [1.82, 2.24) is 30.9 Å². The molecule has 3 amide bonds. The quantitative estimate of drug-likeness (QED) is 0.526. The second kappa shape index (κ2) is 11.5. The third-order valence-electron chi connectivity index (χ3n) is 4.68. The van der Waals surface area contributed by atoms with Crippen molar-refractivity contribution in [3.63, 3.8) is 0 Å². The van der Waals surface area contributed by atoms with Gasteiger partial charge in [0.05, 0.1) is 18.3 Å². The molecule has 9 heteroatoms. The van der Waals surface area contributed by atoms with Gasteiger partial charge in [0.15, 0.2) is 0 Å². The molecule has 0 bridgehead atoms. The molecule has 0 spiro atoms. The Bertz CT molecular complexity index is 565. The Labute approximate surface area is 160 Å². The van der Waals surface area contributed by atoms with Gasteiger partial charge in [-0.15, -0.1) is 5.10 Å². The summed E-state index contributed by atoms with van der Waals surface area (Å²) in [6.45, 7) is 6.48. The van der Waals surface area contributed by atoms with Crippen molar-refractivity contribution in [3.8, 4) is 0 Å². The van der Waals surface area contributed by atoms with E-state index in [0.717, 1.165) is 32.2 Å². The molecule has 0 saturated heterocycles. The molecular formula is C18H32N6O3. The Balaban J connectivity index is 1.79. The van der Waals surface area contributed by atoms with Crippen molar-refractivity contribution < 1.29 is 14.3 Å². The van der Waals surface area contributed by atoms with Gasteiger partial charge in [-0.1, -0.05) is 12.1 Å². The van der Waals surface area contributed by atoms with Crippen molar-refractivity contribution in [2.75, 3.05) is 19.7 Å². The minimum atomic E-state index is -0.207. The van der Waals surface area contributed by atoms with Crippen molar-refractivity contribution >= 4 is 11.9 Å². The monoisotopic (exact) mass is 380 g/mol. The Morgan fingerprint density at radius 1 is 1.26 bits per heavy atom. The molecule has 1 aliphatic carbocycles. The van der Waals surface area contributed by atoms with Crippen LogP contribution in [0.3, 0.4) is 0 Å². The molecule has 1 aromatic heterocycles. The fraction of sp³-hybridized carbons (Fsp3) is 0.778. The summed E-state index contributed by atoms with van der Waals surface area (Å²) in [7, 11) is 0. The Kier molecular flexibility index (Phi) is 9.03. The SMILES string of the molecule is CCCO[C@@H]1CC[C@H](C(=O)NCCCn2ccnn2)C[C@H]1NC(=O)NCC. The lowest BCUT2D eigenvalue weighted by molar-refractivity contribution is -0.127.